The monoisotopic (exact) mass is 334 g/mol. The molecule has 0 aliphatic heterocycles. The summed E-state index contributed by atoms with van der Waals surface area (Å²) < 4.78 is 5.46. The molecule has 0 saturated heterocycles. The van der Waals surface area contributed by atoms with Crippen LogP contribution in [0.1, 0.15) is 34.6 Å². The highest BCUT2D eigenvalue weighted by atomic mass is 16.3. The van der Waals surface area contributed by atoms with E-state index in [4.69, 9.17) is 4.42 Å². The molecule has 0 aliphatic carbocycles. The fourth-order valence-electron chi connectivity index (χ4n) is 2.51. The van der Waals surface area contributed by atoms with Crippen molar-refractivity contribution in [2.24, 2.45) is 0 Å². The lowest BCUT2D eigenvalue weighted by molar-refractivity contribution is 0.101. The molecule has 0 bridgehead atoms. The van der Waals surface area contributed by atoms with Crippen molar-refractivity contribution in [3.8, 4) is 0 Å². The Labute approximate surface area is 145 Å². The second kappa shape index (κ2) is 7.49. The molecular weight excluding hydrogens is 316 g/mol. The Kier molecular flexibility index (Phi) is 4.95. The van der Waals surface area contributed by atoms with Crippen LogP contribution in [0.2, 0.25) is 0 Å². The number of ketones is 1. The quantitative estimate of drug-likeness (QED) is 0.680. The van der Waals surface area contributed by atoms with Gasteiger partial charge in [-0.2, -0.15) is 0 Å². The van der Waals surface area contributed by atoms with Crippen molar-refractivity contribution in [1.82, 2.24) is 5.32 Å². The summed E-state index contributed by atoms with van der Waals surface area (Å²) in [5.74, 6) is 0.631. The van der Waals surface area contributed by atoms with E-state index < -0.39 is 6.04 Å². The zero-order valence-electron chi connectivity index (χ0n) is 13.7. The Morgan fingerprint density at radius 1 is 0.920 bits per heavy atom. The van der Waals surface area contributed by atoms with Crippen LogP contribution >= 0.6 is 0 Å². The Morgan fingerprint density at radius 3 is 2.24 bits per heavy atom. The molecule has 1 aromatic heterocycles. The van der Waals surface area contributed by atoms with Crippen LogP contribution in [0.3, 0.4) is 0 Å². The Morgan fingerprint density at radius 2 is 1.64 bits per heavy atom. The van der Waals surface area contributed by atoms with E-state index >= 15 is 0 Å². The molecule has 126 valence electrons. The van der Waals surface area contributed by atoms with Gasteiger partial charge in [0.05, 0.1) is 6.26 Å². The van der Waals surface area contributed by atoms with E-state index in [0.717, 1.165) is 5.56 Å². The highest BCUT2D eigenvalue weighted by molar-refractivity contribution is 5.95. The minimum atomic E-state index is -0.396. The molecule has 0 unspecified atom stereocenters. The van der Waals surface area contributed by atoms with Gasteiger partial charge in [-0.25, -0.2) is 4.79 Å². The van der Waals surface area contributed by atoms with Gasteiger partial charge < -0.3 is 15.1 Å². The Hall–Kier alpha value is -3.34. The fraction of sp³-hybridized carbons (Fsp3) is 0.100. The van der Waals surface area contributed by atoms with Gasteiger partial charge in [-0.15, -0.1) is 0 Å². The molecule has 3 aromatic rings. The van der Waals surface area contributed by atoms with Gasteiger partial charge >= 0.3 is 6.03 Å². The molecular formula is C20H18N2O3. The number of hydrogen-bond donors (Lipinski definition) is 2. The average molecular weight is 334 g/mol. The summed E-state index contributed by atoms with van der Waals surface area (Å²) in [6.07, 6.45) is 1.57. The summed E-state index contributed by atoms with van der Waals surface area (Å²) in [5, 5.41) is 5.68. The number of benzene rings is 2. The van der Waals surface area contributed by atoms with Crippen LogP contribution in [0.25, 0.3) is 0 Å². The number of urea groups is 1. The van der Waals surface area contributed by atoms with E-state index in [1.54, 1.807) is 36.6 Å². The molecule has 5 heteroatoms. The Bertz CT molecular complexity index is 840. The summed E-state index contributed by atoms with van der Waals surface area (Å²) in [5.41, 5.74) is 2.12. The smallest absolute Gasteiger partial charge is 0.320 e. The third-order valence-corrected chi connectivity index (χ3v) is 3.79. The highest BCUT2D eigenvalue weighted by Crippen LogP contribution is 2.22. The van der Waals surface area contributed by atoms with E-state index in [9.17, 15) is 9.59 Å². The SMILES string of the molecule is CC(=O)c1ccc(NC(=O)N[C@H](c2ccccc2)c2ccco2)cc1. The van der Waals surface area contributed by atoms with Gasteiger partial charge in [0, 0.05) is 11.3 Å². The van der Waals surface area contributed by atoms with E-state index in [0.29, 0.717) is 17.0 Å². The van der Waals surface area contributed by atoms with Gasteiger partial charge in [0.15, 0.2) is 5.78 Å². The molecule has 0 fully saturated rings. The molecule has 25 heavy (non-hydrogen) atoms. The molecule has 1 heterocycles. The molecule has 3 rings (SSSR count). The number of carbonyl (C=O) groups excluding carboxylic acids is 2. The molecule has 0 spiro atoms. The molecule has 0 aliphatic rings. The first-order chi connectivity index (χ1) is 12.1. The number of hydrogen-bond acceptors (Lipinski definition) is 3. The van der Waals surface area contributed by atoms with Gasteiger partial charge in [0.1, 0.15) is 11.8 Å². The molecule has 0 radical (unpaired) electrons. The molecule has 2 aromatic carbocycles. The van der Waals surface area contributed by atoms with Crippen LogP contribution in [-0.2, 0) is 0 Å². The van der Waals surface area contributed by atoms with Crippen LogP contribution in [0.4, 0.5) is 10.5 Å². The fourth-order valence-corrected chi connectivity index (χ4v) is 2.51. The van der Waals surface area contributed by atoms with E-state index in [1.807, 2.05) is 36.4 Å². The molecule has 2 amide bonds. The van der Waals surface area contributed by atoms with Crippen LogP contribution in [0.15, 0.2) is 77.4 Å². The van der Waals surface area contributed by atoms with Crippen molar-refractivity contribution in [2.45, 2.75) is 13.0 Å². The maximum Gasteiger partial charge on any atom is 0.320 e. The van der Waals surface area contributed by atoms with E-state index in [1.165, 1.54) is 6.92 Å². The van der Waals surface area contributed by atoms with Crippen LogP contribution in [-0.4, -0.2) is 11.8 Å². The van der Waals surface area contributed by atoms with Crippen LogP contribution in [0, 0.1) is 0 Å². The normalized spacial score (nSPS) is 11.6. The summed E-state index contributed by atoms with van der Waals surface area (Å²) in [6.45, 7) is 1.50. The average Bonchev–Trinajstić information content (AvgIpc) is 3.15. The first-order valence-corrected chi connectivity index (χ1v) is 7.90. The lowest BCUT2D eigenvalue weighted by Crippen LogP contribution is -2.33. The van der Waals surface area contributed by atoms with Gasteiger partial charge in [-0.3, -0.25) is 4.79 Å². The van der Waals surface area contributed by atoms with Crippen LogP contribution in [0.5, 0.6) is 0 Å². The number of carbonyl (C=O) groups is 2. The zero-order chi connectivity index (χ0) is 17.6. The maximum absolute atomic E-state index is 12.4. The standard InChI is InChI=1S/C20H18N2O3/c1-14(23)15-9-11-17(12-10-15)21-20(24)22-19(18-8-5-13-25-18)16-6-3-2-4-7-16/h2-13,19H,1H3,(H2,21,22,24)/t19-/m1/s1. The number of amides is 2. The second-order valence-electron chi connectivity index (χ2n) is 5.59. The first kappa shape index (κ1) is 16.5. The van der Waals surface area contributed by atoms with Crippen molar-refractivity contribution >= 4 is 17.5 Å². The summed E-state index contributed by atoms with van der Waals surface area (Å²) in [4.78, 5) is 23.7. The number of anilines is 1. The van der Waals surface area contributed by atoms with Crippen molar-refractivity contribution in [1.29, 1.82) is 0 Å². The van der Waals surface area contributed by atoms with Crippen LogP contribution < -0.4 is 10.6 Å². The number of rotatable bonds is 5. The highest BCUT2D eigenvalue weighted by Gasteiger charge is 2.19. The Balaban J connectivity index is 1.73. The molecule has 5 nitrogen and oxygen atoms in total. The van der Waals surface area contributed by atoms with Crippen molar-refractivity contribution in [3.63, 3.8) is 0 Å². The molecule has 0 saturated carbocycles. The summed E-state index contributed by atoms with van der Waals surface area (Å²) >= 11 is 0. The van der Waals surface area contributed by atoms with Gasteiger partial charge in [0.25, 0.3) is 0 Å². The predicted octanol–water partition coefficient (Wildman–Crippen LogP) is 4.39. The maximum atomic E-state index is 12.4. The summed E-state index contributed by atoms with van der Waals surface area (Å²) in [6, 6.07) is 19.2. The lowest BCUT2D eigenvalue weighted by Gasteiger charge is -2.17. The number of furan rings is 1. The van der Waals surface area contributed by atoms with Gasteiger partial charge in [-0.05, 0) is 48.9 Å². The summed E-state index contributed by atoms with van der Waals surface area (Å²) in [7, 11) is 0. The van der Waals surface area contributed by atoms with E-state index in [-0.39, 0.29) is 11.8 Å². The van der Waals surface area contributed by atoms with Crippen molar-refractivity contribution in [2.75, 3.05) is 5.32 Å². The van der Waals surface area contributed by atoms with Crippen molar-refractivity contribution in [3.05, 3.63) is 89.9 Å². The lowest BCUT2D eigenvalue weighted by atomic mass is 10.0. The third kappa shape index (κ3) is 4.14. The minimum absolute atomic E-state index is 0.0158. The first-order valence-electron chi connectivity index (χ1n) is 7.90. The van der Waals surface area contributed by atoms with Gasteiger partial charge in [-0.1, -0.05) is 30.3 Å². The zero-order valence-corrected chi connectivity index (χ0v) is 13.7. The number of nitrogens with one attached hydrogen (secondary N) is 2. The largest absolute Gasteiger partial charge is 0.467 e. The second-order valence-corrected chi connectivity index (χ2v) is 5.59. The topological polar surface area (TPSA) is 71.3 Å². The number of Topliss-reactive ketones (excluding diaryl/α,β-unsaturated/α-hetero) is 1. The third-order valence-electron chi connectivity index (χ3n) is 3.79. The van der Waals surface area contributed by atoms with Gasteiger partial charge in [0.2, 0.25) is 0 Å². The minimum Gasteiger partial charge on any atom is -0.467 e. The molecule has 2 N–H and O–H groups in total. The molecule has 1 atom stereocenters. The van der Waals surface area contributed by atoms with E-state index in [2.05, 4.69) is 10.6 Å². The van der Waals surface area contributed by atoms with Crippen molar-refractivity contribution < 1.29 is 14.0 Å². The predicted molar refractivity (Wildman–Crippen MR) is 95.6 cm³/mol.